The number of aromatic nitrogens is 2. The molecule has 1 heterocycles. The Morgan fingerprint density at radius 1 is 1.08 bits per heavy atom. The fourth-order valence-corrected chi connectivity index (χ4v) is 2.59. The van der Waals surface area contributed by atoms with Crippen molar-refractivity contribution in [1.82, 2.24) is 9.97 Å². The van der Waals surface area contributed by atoms with Crippen LogP contribution >= 0.6 is 0 Å². The average molecular weight is 349 g/mol. The van der Waals surface area contributed by atoms with Gasteiger partial charge in [0.15, 0.2) is 6.61 Å². The van der Waals surface area contributed by atoms with E-state index in [4.69, 9.17) is 4.74 Å². The summed E-state index contributed by atoms with van der Waals surface area (Å²) in [7, 11) is 0. The number of esters is 1. The summed E-state index contributed by atoms with van der Waals surface area (Å²) in [5.74, 6) is -0.200. The van der Waals surface area contributed by atoms with E-state index in [1.807, 2.05) is 32.0 Å². The maximum atomic E-state index is 12.1. The van der Waals surface area contributed by atoms with Gasteiger partial charge in [0.25, 0.3) is 5.91 Å². The quantitative estimate of drug-likeness (QED) is 0.691. The second kappa shape index (κ2) is 7.65. The first-order valence-corrected chi connectivity index (χ1v) is 8.17. The predicted molar refractivity (Wildman–Crippen MR) is 98.9 cm³/mol. The number of nitrogens with one attached hydrogen (secondary N) is 2. The molecule has 0 aliphatic heterocycles. The molecule has 1 amide bonds. The van der Waals surface area contributed by atoms with Crippen LogP contribution in [0.15, 0.2) is 54.9 Å². The van der Waals surface area contributed by atoms with E-state index >= 15 is 0 Å². The number of carbonyl (C=O) groups is 2. The number of amides is 1. The lowest BCUT2D eigenvalue weighted by Crippen LogP contribution is -2.21. The van der Waals surface area contributed by atoms with Crippen LogP contribution in [0.5, 0.6) is 0 Å². The van der Waals surface area contributed by atoms with Gasteiger partial charge in [-0.05, 0) is 37.1 Å². The highest BCUT2D eigenvalue weighted by Gasteiger charge is 2.12. The van der Waals surface area contributed by atoms with Gasteiger partial charge in [0, 0.05) is 23.6 Å². The zero-order valence-electron chi connectivity index (χ0n) is 14.6. The van der Waals surface area contributed by atoms with Crippen LogP contribution < -0.4 is 5.32 Å². The van der Waals surface area contributed by atoms with Gasteiger partial charge < -0.3 is 15.0 Å². The number of H-pyrrole nitrogens is 1. The Bertz CT molecular complexity index is 896. The molecule has 3 rings (SSSR count). The fourth-order valence-electron chi connectivity index (χ4n) is 2.59. The first-order valence-electron chi connectivity index (χ1n) is 8.17. The molecular weight excluding hydrogens is 330 g/mol. The number of anilines is 1. The molecule has 0 radical (unpaired) electrons. The fraction of sp³-hybridized carbons (Fsp3) is 0.150. The Kier molecular flexibility index (Phi) is 5.12. The van der Waals surface area contributed by atoms with Crippen molar-refractivity contribution < 1.29 is 14.3 Å². The maximum absolute atomic E-state index is 12.1. The lowest BCUT2D eigenvalue weighted by molar-refractivity contribution is -0.119. The SMILES string of the molecule is Cc1cccc(C)c1NC(=O)COC(=O)c1ccc(-c2ncc[nH]2)cc1. The van der Waals surface area contributed by atoms with E-state index in [2.05, 4.69) is 15.3 Å². The minimum absolute atomic E-state index is 0.341. The van der Waals surface area contributed by atoms with E-state index in [1.54, 1.807) is 36.7 Å². The number of imidazole rings is 1. The summed E-state index contributed by atoms with van der Waals surface area (Å²) in [6, 6.07) is 12.6. The van der Waals surface area contributed by atoms with Gasteiger partial charge in [0.05, 0.1) is 5.56 Å². The highest BCUT2D eigenvalue weighted by atomic mass is 16.5. The second-order valence-corrected chi connectivity index (χ2v) is 5.91. The van der Waals surface area contributed by atoms with E-state index in [0.29, 0.717) is 5.56 Å². The van der Waals surface area contributed by atoms with Crippen molar-refractivity contribution in [2.75, 3.05) is 11.9 Å². The first-order chi connectivity index (χ1) is 12.5. The molecule has 2 aromatic carbocycles. The number of nitrogens with zero attached hydrogens (tertiary/aromatic N) is 1. The molecule has 0 aliphatic carbocycles. The van der Waals surface area contributed by atoms with Gasteiger partial charge >= 0.3 is 5.97 Å². The van der Waals surface area contributed by atoms with Crippen molar-refractivity contribution in [3.05, 3.63) is 71.5 Å². The zero-order valence-corrected chi connectivity index (χ0v) is 14.6. The minimum atomic E-state index is -0.548. The second-order valence-electron chi connectivity index (χ2n) is 5.91. The molecular formula is C20H19N3O3. The molecule has 132 valence electrons. The smallest absolute Gasteiger partial charge is 0.338 e. The molecule has 0 unspecified atom stereocenters. The van der Waals surface area contributed by atoms with Crippen LogP contribution in [0.2, 0.25) is 0 Å². The molecule has 6 heteroatoms. The topological polar surface area (TPSA) is 84.1 Å². The number of benzene rings is 2. The molecule has 0 aliphatic rings. The molecule has 0 saturated heterocycles. The standard InChI is InChI=1S/C20H19N3O3/c1-13-4-3-5-14(2)18(13)23-17(24)12-26-20(25)16-8-6-15(7-9-16)19-21-10-11-22-19/h3-11H,12H2,1-2H3,(H,21,22)(H,23,24). The molecule has 0 atom stereocenters. The van der Waals surface area contributed by atoms with Crippen molar-refractivity contribution in [3.63, 3.8) is 0 Å². The third-order valence-corrected chi connectivity index (χ3v) is 3.97. The molecule has 2 N–H and O–H groups in total. The molecule has 0 saturated carbocycles. The summed E-state index contributed by atoms with van der Waals surface area (Å²) >= 11 is 0. The Morgan fingerprint density at radius 3 is 2.38 bits per heavy atom. The van der Waals surface area contributed by atoms with E-state index in [-0.39, 0.29) is 12.5 Å². The molecule has 0 bridgehead atoms. The number of ether oxygens (including phenoxy) is 1. The Morgan fingerprint density at radius 2 is 1.77 bits per heavy atom. The van der Waals surface area contributed by atoms with Gasteiger partial charge in [0.1, 0.15) is 5.82 Å². The van der Waals surface area contributed by atoms with Crippen molar-refractivity contribution in [1.29, 1.82) is 0 Å². The lowest BCUT2D eigenvalue weighted by atomic mass is 10.1. The number of rotatable bonds is 5. The van der Waals surface area contributed by atoms with Crippen LogP contribution in [0.25, 0.3) is 11.4 Å². The molecule has 3 aromatic rings. The van der Waals surface area contributed by atoms with Crippen molar-refractivity contribution in [2.24, 2.45) is 0 Å². The van der Waals surface area contributed by atoms with Crippen LogP contribution in [-0.2, 0) is 9.53 Å². The van der Waals surface area contributed by atoms with Crippen molar-refractivity contribution in [3.8, 4) is 11.4 Å². The van der Waals surface area contributed by atoms with E-state index in [1.165, 1.54) is 0 Å². The Hall–Kier alpha value is -3.41. The lowest BCUT2D eigenvalue weighted by Gasteiger charge is -2.11. The normalized spacial score (nSPS) is 10.4. The highest BCUT2D eigenvalue weighted by molar-refractivity contribution is 5.96. The van der Waals surface area contributed by atoms with Crippen LogP contribution in [-0.4, -0.2) is 28.5 Å². The van der Waals surface area contributed by atoms with Crippen molar-refractivity contribution in [2.45, 2.75) is 13.8 Å². The zero-order chi connectivity index (χ0) is 18.5. The summed E-state index contributed by atoms with van der Waals surface area (Å²) < 4.78 is 5.10. The molecule has 6 nitrogen and oxygen atoms in total. The van der Waals surface area contributed by atoms with Crippen LogP contribution in [0.1, 0.15) is 21.5 Å². The number of aryl methyl sites for hydroxylation is 2. The first kappa shape index (κ1) is 17.4. The predicted octanol–water partition coefficient (Wildman–Crippen LogP) is 3.49. The third kappa shape index (κ3) is 3.97. The summed E-state index contributed by atoms with van der Waals surface area (Å²) in [6.45, 7) is 3.48. The van der Waals surface area contributed by atoms with E-state index < -0.39 is 5.97 Å². The monoisotopic (exact) mass is 349 g/mol. The molecule has 0 spiro atoms. The third-order valence-electron chi connectivity index (χ3n) is 3.97. The molecule has 26 heavy (non-hydrogen) atoms. The van der Waals surface area contributed by atoms with Crippen LogP contribution in [0, 0.1) is 13.8 Å². The van der Waals surface area contributed by atoms with Gasteiger partial charge in [-0.15, -0.1) is 0 Å². The van der Waals surface area contributed by atoms with Gasteiger partial charge in [0.2, 0.25) is 0 Å². The van der Waals surface area contributed by atoms with Gasteiger partial charge in [-0.2, -0.15) is 0 Å². The van der Waals surface area contributed by atoms with E-state index in [9.17, 15) is 9.59 Å². The van der Waals surface area contributed by atoms with Gasteiger partial charge in [-0.25, -0.2) is 9.78 Å². The van der Waals surface area contributed by atoms with Crippen LogP contribution in [0.3, 0.4) is 0 Å². The number of aromatic amines is 1. The molecule has 1 aromatic heterocycles. The average Bonchev–Trinajstić information content (AvgIpc) is 3.18. The summed E-state index contributed by atoms with van der Waals surface area (Å²) in [6.07, 6.45) is 3.39. The van der Waals surface area contributed by atoms with Gasteiger partial charge in [-0.3, -0.25) is 4.79 Å². The largest absolute Gasteiger partial charge is 0.452 e. The minimum Gasteiger partial charge on any atom is -0.452 e. The number of carbonyl (C=O) groups excluding carboxylic acids is 2. The summed E-state index contributed by atoms with van der Waals surface area (Å²) in [5.41, 5.74) is 3.90. The maximum Gasteiger partial charge on any atom is 0.338 e. The Balaban J connectivity index is 1.57. The summed E-state index contributed by atoms with van der Waals surface area (Å²) in [5, 5.41) is 2.78. The van der Waals surface area contributed by atoms with Crippen molar-refractivity contribution >= 4 is 17.6 Å². The molecule has 0 fully saturated rings. The number of para-hydroxylation sites is 1. The Labute approximate surface area is 151 Å². The summed E-state index contributed by atoms with van der Waals surface area (Å²) in [4.78, 5) is 31.3. The van der Waals surface area contributed by atoms with Crippen LogP contribution in [0.4, 0.5) is 5.69 Å². The van der Waals surface area contributed by atoms with E-state index in [0.717, 1.165) is 28.2 Å². The van der Waals surface area contributed by atoms with Gasteiger partial charge in [-0.1, -0.05) is 30.3 Å². The number of hydrogen-bond donors (Lipinski definition) is 2. The number of hydrogen-bond acceptors (Lipinski definition) is 4. The highest BCUT2D eigenvalue weighted by Crippen LogP contribution is 2.19.